The highest BCUT2D eigenvalue weighted by Crippen LogP contribution is 2.31. The maximum atomic E-state index is 6.46. The fourth-order valence-corrected chi connectivity index (χ4v) is 3.96. The normalized spacial score (nSPS) is 12.2. The molecule has 2 N–H and O–H groups in total. The summed E-state index contributed by atoms with van der Waals surface area (Å²) in [7, 11) is 0. The van der Waals surface area contributed by atoms with Gasteiger partial charge in [-0.1, -0.05) is 99.8 Å². The van der Waals surface area contributed by atoms with Crippen molar-refractivity contribution in [3.8, 4) is 11.3 Å². The molecule has 0 unspecified atom stereocenters. The predicted molar refractivity (Wildman–Crippen MR) is 149 cm³/mol. The average molecular weight is 472 g/mol. The van der Waals surface area contributed by atoms with Gasteiger partial charge < -0.3 is 10.6 Å². The Morgan fingerprint density at radius 3 is 2.44 bits per heavy atom. The third-order valence-corrected chi connectivity index (χ3v) is 5.91. The summed E-state index contributed by atoms with van der Waals surface area (Å²) in [5.41, 5.74) is 6.99. The van der Waals surface area contributed by atoms with Gasteiger partial charge in [0, 0.05) is 28.4 Å². The van der Waals surface area contributed by atoms with Gasteiger partial charge in [-0.2, -0.15) is 0 Å². The first-order chi connectivity index (χ1) is 16.5. The summed E-state index contributed by atoms with van der Waals surface area (Å²) in [6.45, 7) is 11.5. The second-order valence-corrected chi connectivity index (χ2v) is 8.69. The summed E-state index contributed by atoms with van der Waals surface area (Å²) in [5.74, 6) is 0.735. The van der Waals surface area contributed by atoms with Crippen molar-refractivity contribution < 1.29 is 0 Å². The van der Waals surface area contributed by atoms with Crippen LogP contribution in [-0.4, -0.2) is 11.5 Å². The highest BCUT2D eigenvalue weighted by atomic mass is 35.5. The molecule has 4 heteroatoms. The van der Waals surface area contributed by atoms with Crippen molar-refractivity contribution in [1.82, 2.24) is 10.3 Å². The number of pyridine rings is 1. The largest absolute Gasteiger partial charge is 0.387 e. The summed E-state index contributed by atoms with van der Waals surface area (Å²) >= 11 is 6.46. The minimum absolute atomic E-state index is 0.677. The van der Waals surface area contributed by atoms with Crippen molar-refractivity contribution in [3.05, 3.63) is 107 Å². The first kappa shape index (κ1) is 25.3. The van der Waals surface area contributed by atoms with Crippen LogP contribution >= 0.6 is 11.6 Å². The molecule has 3 aromatic rings. The molecule has 0 spiro atoms. The standard InChI is InChI=1S/C25H22ClN3.C5H12/c1-17-7-3-4-8-21(17)18(2)28-25-16-20(19-11-13-27-14-12-19)15-24(29-25)22-9-5-6-10-23(22)26;1-3-5-4-2/h3-13,15-16,27H,2,14H2,1H3,(H,28,29);3-5H2,1-2H3. The Balaban J connectivity index is 0.000000588. The van der Waals surface area contributed by atoms with E-state index >= 15 is 0 Å². The number of benzene rings is 2. The van der Waals surface area contributed by atoms with Crippen LogP contribution in [-0.2, 0) is 0 Å². The summed E-state index contributed by atoms with van der Waals surface area (Å²) < 4.78 is 0. The molecule has 0 saturated heterocycles. The van der Waals surface area contributed by atoms with Crippen LogP contribution in [0.15, 0.2) is 85.6 Å². The van der Waals surface area contributed by atoms with Gasteiger partial charge in [-0.05, 0) is 54.1 Å². The second kappa shape index (κ2) is 12.8. The molecule has 4 rings (SSSR count). The number of halogens is 1. The highest BCUT2D eigenvalue weighted by Gasteiger charge is 2.12. The van der Waals surface area contributed by atoms with Crippen LogP contribution in [0.3, 0.4) is 0 Å². The molecule has 2 heterocycles. The fraction of sp³-hybridized carbons (Fsp3) is 0.233. The van der Waals surface area contributed by atoms with Gasteiger partial charge in [0.15, 0.2) is 0 Å². The molecule has 1 aromatic heterocycles. The summed E-state index contributed by atoms with van der Waals surface area (Å²) in [6, 6.07) is 20.1. The van der Waals surface area contributed by atoms with Gasteiger partial charge in [0.05, 0.1) is 5.69 Å². The van der Waals surface area contributed by atoms with Crippen LogP contribution in [0.5, 0.6) is 0 Å². The Hall–Kier alpha value is -3.30. The van der Waals surface area contributed by atoms with Crippen LogP contribution in [0.25, 0.3) is 22.5 Å². The van der Waals surface area contributed by atoms with Gasteiger partial charge in [-0.3, -0.25) is 0 Å². The third-order valence-electron chi connectivity index (χ3n) is 5.59. The van der Waals surface area contributed by atoms with E-state index in [-0.39, 0.29) is 0 Å². The molecule has 0 aliphatic carbocycles. The number of hydrogen-bond acceptors (Lipinski definition) is 3. The van der Waals surface area contributed by atoms with Crippen LogP contribution in [0.2, 0.25) is 5.02 Å². The monoisotopic (exact) mass is 471 g/mol. The summed E-state index contributed by atoms with van der Waals surface area (Å²) in [6.07, 6.45) is 10.3. The molecule has 34 heavy (non-hydrogen) atoms. The zero-order valence-corrected chi connectivity index (χ0v) is 21.1. The van der Waals surface area contributed by atoms with Crippen LogP contribution in [0, 0.1) is 6.92 Å². The number of rotatable bonds is 7. The molecule has 0 amide bonds. The lowest BCUT2D eigenvalue weighted by Gasteiger charge is -2.16. The number of aromatic nitrogens is 1. The molecule has 0 atom stereocenters. The first-order valence-corrected chi connectivity index (χ1v) is 12.3. The van der Waals surface area contributed by atoms with E-state index in [9.17, 15) is 0 Å². The van der Waals surface area contributed by atoms with Gasteiger partial charge in [-0.15, -0.1) is 0 Å². The zero-order chi connectivity index (χ0) is 24.3. The first-order valence-electron chi connectivity index (χ1n) is 11.9. The quantitative estimate of drug-likeness (QED) is 0.362. The lowest BCUT2D eigenvalue weighted by atomic mass is 10.0. The van der Waals surface area contributed by atoms with Crippen molar-refractivity contribution in [2.75, 3.05) is 11.9 Å². The molecule has 3 nitrogen and oxygen atoms in total. The summed E-state index contributed by atoms with van der Waals surface area (Å²) in [4.78, 5) is 4.83. The van der Waals surface area contributed by atoms with Crippen molar-refractivity contribution in [1.29, 1.82) is 0 Å². The maximum absolute atomic E-state index is 6.46. The van der Waals surface area contributed by atoms with Gasteiger partial charge in [0.1, 0.15) is 5.82 Å². The summed E-state index contributed by atoms with van der Waals surface area (Å²) in [5, 5.41) is 7.26. The third kappa shape index (κ3) is 6.85. The maximum Gasteiger partial charge on any atom is 0.131 e. The van der Waals surface area contributed by atoms with E-state index in [2.05, 4.69) is 68.3 Å². The van der Waals surface area contributed by atoms with E-state index in [1.54, 1.807) is 0 Å². The number of aryl methyl sites for hydroxylation is 1. The highest BCUT2D eigenvalue weighted by molar-refractivity contribution is 6.33. The lowest BCUT2D eigenvalue weighted by Crippen LogP contribution is -2.09. The molecular weight excluding hydrogens is 438 g/mol. The number of unbranched alkanes of at least 4 members (excludes halogenated alkanes) is 2. The number of dihydropyridines is 1. The van der Waals surface area contributed by atoms with Crippen LogP contribution < -0.4 is 10.6 Å². The van der Waals surface area contributed by atoms with Gasteiger partial charge in [0.25, 0.3) is 0 Å². The van der Waals surface area contributed by atoms with E-state index in [1.807, 2.05) is 48.7 Å². The van der Waals surface area contributed by atoms with Crippen molar-refractivity contribution in [2.24, 2.45) is 0 Å². The number of anilines is 1. The Kier molecular flexibility index (Phi) is 9.54. The topological polar surface area (TPSA) is 37.0 Å². The van der Waals surface area contributed by atoms with Gasteiger partial charge in [-0.25, -0.2) is 4.98 Å². The molecule has 2 aromatic carbocycles. The van der Waals surface area contributed by atoms with Crippen molar-refractivity contribution in [2.45, 2.75) is 40.0 Å². The van der Waals surface area contributed by atoms with E-state index < -0.39 is 0 Å². The van der Waals surface area contributed by atoms with Crippen LogP contribution in [0.4, 0.5) is 5.82 Å². The van der Waals surface area contributed by atoms with E-state index in [1.165, 1.54) is 19.3 Å². The smallest absolute Gasteiger partial charge is 0.131 e. The minimum atomic E-state index is 0.677. The Bertz CT molecular complexity index is 1180. The predicted octanol–water partition coefficient (Wildman–Crippen LogP) is 8.49. The fourth-order valence-electron chi connectivity index (χ4n) is 3.72. The number of hydrogen-bond donors (Lipinski definition) is 2. The van der Waals surface area contributed by atoms with E-state index in [0.29, 0.717) is 5.02 Å². The van der Waals surface area contributed by atoms with Gasteiger partial charge >= 0.3 is 0 Å². The molecule has 1 aliphatic rings. The molecule has 0 saturated carbocycles. The molecule has 1 aliphatic heterocycles. The average Bonchev–Trinajstić information content (AvgIpc) is 2.86. The van der Waals surface area contributed by atoms with Crippen molar-refractivity contribution >= 4 is 28.7 Å². The second-order valence-electron chi connectivity index (χ2n) is 8.28. The Morgan fingerprint density at radius 1 is 1.06 bits per heavy atom. The number of nitrogens with zero attached hydrogens (tertiary/aromatic N) is 1. The molecule has 0 fully saturated rings. The zero-order valence-electron chi connectivity index (χ0n) is 20.4. The molecular formula is C30H34ClN3. The minimum Gasteiger partial charge on any atom is -0.387 e. The Morgan fingerprint density at radius 2 is 1.79 bits per heavy atom. The number of nitrogens with one attached hydrogen (secondary N) is 2. The lowest BCUT2D eigenvalue weighted by molar-refractivity contribution is 0.772. The number of allylic oxidation sites excluding steroid dienone is 2. The SMILES string of the molecule is C=C(Nc1cc(C2=CCNC=C2)cc(-c2ccccc2Cl)n1)c1ccccc1C.CCCCC. The molecule has 176 valence electrons. The Labute approximate surface area is 209 Å². The molecule has 0 radical (unpaired) electrons. The van der Waals surface area contributed by atoms with Crippen molar-refractivity contribution in [3.63, 3.8) is 0 Å². The van der Waals surface area contributed by atoms with E-state index in [4.69, 9.17) is 16.6 Å². The van der Waals surface area contributed by atoms with Crippen LogP contribution in [0.1, 0.15) is 49.8 Å². The van der Waals surface area contributed by atoms with Gasteiger partial charge in [0.2, 0.25) is 0 Å². The van der Waals surface area contributed by atoms with E-state index in [0.717, 1.165) is 51.6 Å². The molecule has 0 bridgehead atoms.